The van der Waals surface area contributed by atoms with Crippen LogP contribution in [0.3, 0.4) is 0 Å². The molecule has 0 saturated heterocycles. The highest BCUT2D eigenvalue weighted by atomic mass is 32.2. The molecule has 0 amide bonds. The van der Waals surface area contributed by atoms with Gasteiger partial charge in [0, 0.05) is 30.6 Å². The summed E-state index contributed by atoms with van der Waals surface area (Å²) in [4.78, 5) is 4.45. The van der Waals surface area contributed by atoms with Gasteiger partial charge in [-0.2, -0.15) is 0 Å². The van der Waals surface area contributed by atoms with Gasteiger partial charge in [-0.1, -0.05) is 37.3 Å². The molecule has 0 unspecified atom stereocenters. The van der Waals surface area contributed by atoms with Gasteiger partial charge in [0.1, 0.15) is 0 Å². The van der Waals surface area contributed by atoms with Crippen LogP contribution in [0.4, 0.5) is 0 Å². The molecule has 0 spiro atoms. The van der Waals surface area contributed by atoms with Crippen LogP contribution < -0.4 is 0 Å². The maximum Gasteiger partial charge on any atom is 0.167 e. The Bertz CT molecular complexity index is 822. The summed E-state index contributed by atoms with van der Waals surface area (Å²) in [5, 5.41) is 23.0. The number of allylic oxidation sites excluding steroid dienone is 1. The number of rotatable bonds is 3. The smallest absolute Gasteiger partial charge is 0.167 e. The van der Waals surface area contributed by atoms with Gasteiger partial charge in [-0.3, -0.25) is 0 Å². The first-order valence-electron chi connectivity index (χ1n) is 11.5. The molecule has 0 bridgehead atoms. The monoisotopic (exact) mass is 416 g/mol. The molecule has 2 N–H and O–H groups in total. The Morgan fingerprint density at radius 3 is 2.72 bits per heavy atom. The summed E-state index contributed by atoms with van der Waals surface area (Å²) in [7, 11) is 2.03. The highest BCUT2D eigenvalue weighted by molar-refractivity contribution is 7.99. The zero-order valence-electron chi connectivity index (χ0n) is 18.1. The fourth-order valence-electron chi connectivity index (χ4n) is 7.66. The summed E-state index contributed by atoms with van der Waals surface area (Å²) in [6.07, 6.45) is 14.7. The number of aliphatic hydroxyl groups excluding tert-OH is 1. The first-order valence-corrected chi connectivity index (χ1v) is 12.5. The maximum atomic E-state index is 11.9. The van der Waals surface area contributed by atoms with Crippen molar-refractivity contribution in [1.29, 1.82) is 0 Å². The highest BCUT2D eigenvalue weighted by Crippen LogP contribution is 2.67. The Labute approximate surface area is 179 Å². The Kier molecular flexibility index (Phi) is 4.77. The molecule has 1 aromatic rings. The van der Waals surface area contributed by atoms with Crippen molar-refractivity contribution in [2.24, 2.45) is 35.6 Å². The van der Waals surface area contributed by atoms with Crippen LogP contribution >= 0.6 is 11.8 Å². The Morgan fingerprint density at radius 1 is 1.17 bits per heavy atom. The predicted molar refractivity (Wildman–Crippen MR) is 117 cm³/mol. The number of thioether (sulfide) groups is 1. The zero-order chi connectivity index (χ0) is 20.4. The van der Waals surface area contributed by atoms with Crippen LogP contribution in [0.1, 0.15) is 65.2 Å². The lowest BCUT2D eigenvalue weighted by Gasteiger charge is -2.59. The minimum Gasteiger partial charge on any atom is -0.393 e. The van der Waals surface area contributed by atoms with Gasteiger partial charge in [-0.25, -0.2) is 4.98 Å². The molecule has 0 aliphatic heterocycles. The molecule has 4 nitrogen and oxygen atoms in total. The lowest BCUT2D eigenvalue weighted by Crippen LogP contribution is -2.55. The van der Waals surface area contributed by atoms with E-state index in [0.29, 0.717) is 11.8 Å². The van der Waals surface area contributed by atoms with Gasteiger partial charge in [0.15, 0.2) is 5.16 Å². The van der Waals surface area contributed by atoms with E-state index >= 15 is 0 Å². The van der Waals surface area contributed by atoms with Crippen LogP contribution in [0.2, 0.25) is 0 Å². The van der Waals surface area contributed by atoms with E-state index in [1.54, 1.807) is 11.8 Å². The number of hydrogen-bond donors (Lipinski definition) is 2. The van der Waals surface area contributed by atoms with Crippen molar-refractivity contribution in [3.8, 4) is 0 Å². The van der Waals surface area contributed by atoms with Crippen LogP contribution in [0.25, 0.3) is 0 Å². The fourth-order valence-corrected chi connectivity index (χ4v) is 8.91. The molecule has 4 aliphatic rings. The molecule has 1 aromatic heterocycles. The molecule has 0 aromatic carbocycles. The van der Waals surface area contributed by atoms with Crippen molar-refractivity contribution in [3.05, 3.63) is 24.0 Å². The molecular weight excluding hydrogens is 380 g/mol. The standard InChI is InChI=1S/C24H36N2O2S/c1-22-9-6-17(27)14-16(22)4-5-18-19(22)7-10-23(2)20(18)8-11-24(23,28)15-29-21-25-12-13-26(21)3/h4,12-13,17-20,27-28H,5-11,14-15H2,1-3H3/t17-,18+,19+,20-,22+,23+,24-/m1/s1. The third-order valence-electron chi connectivity index (χ3n) is 9.62. The van der Waals surface area contributed by atoms with Crippen molar-refractivity contribution < 1.29 is 10.2 Å². The second-order valence-corrected chi connectivity index (χ2v) is 11.7. The molecule has 0 radical (unpaired) electrons. The molecule has 29 heavy (non-hydrogen) atoms. The molecule has 4 aliphatic carbocycles. The van der Waals surface area contributed by atoms with Gasteiger partial charge >= 0.3 is 0 Å². The summed E-state index contributed by atoms with van der Waals surface area (Å²) >= 11 is 1.71. The first-order chi connectivity index (χ1) is 13.8. The third kappa shape index (κ3) is 2.90. The lowest BCUT2D eigenvalue weighted by molar-refractivity contribution is -0.113. The SMILES string of the molecule is Cn1ccnc1SC[C@]1(O)CC[C@@H]2[C@H]3CC=C4C[C@H](O)CC[C@]4(C)[C@H]3CC[C@@]21C. The van der Waals surface area contributed by atoms with E-state index in [9.17, 15) is 10.2 Å². The van der Waals surface area contributed by atoms with Crippen LogP contribution in [-0.2, 0) is 7.05 Å². The minimum absolute atomic E-state index is 0.00220. The average molecular weight is 417 g/mol. The molecular formula is C24H36N2O2S. The van der Waals surface area contributed by atoms with E-state index in [1.165, 1.54) is 12.0 Å². The molecule has 5 heteroatoms. The second-order valence-electron chi connectivity index (χ2n) is 10.8. The van der Waals surface area contributed by atoms with E-state index in [1.807, 2.05) is 24.0 Å². The summed E-state index contributed by atoms with van der Waals surface area (Å²) in [5.41, 5.74) is 1.20. The second kappa shape index (κ2) is 6.86. The number of imidazole rings is 1. The molecule has 3 fully saturated rings. The van der Waals surface area contributed by atoms with E-state index in [2.05, 4.69) is 24.9 Å². The number of aliphatic hydroxyl groups is 2. The van der Waals surface area contributed by atoms with E-state index in [0.717, 1.165) is 61.8 Å². The van der Waals surface area contributed by atoms with Gasteiger partial charge in [-0.15, -0.1) is 0 Å². The summed E-state index contributed by atoms with van der Waals surface area (Å²) in [6.45, 7) is 4.86. The van der Waals surface area contributed by atoms with Crippen LogP contribution in [-0.4, -0.2) is 37.2 Å². The largest absolute Gasteiger partial charge is 0.393 e. The zero-order valence-corrected chi connectivity index (χ0v) is 18.9. The molecule has 160 valence electrons. The number of aryl methyl sites for hydroxylation is 1. The van der Waals surface area contributed by atoms with Crippen molar-refractivity contribution in [2.75, 3.05) is 5.75 Å². The Morgan fingerprint density at radius 2 is 1.97 bits per heavy atom. The summed E-state index contributed by atoms with van der Waals surface area (Å²) < 4.78 is 2.05. The molecule has 1 heterocycles. The fraction of sp³-hybridized carbons (Fsp3) is 0.792. The van der Waals surface area contributed by atoms with Gasteiger partial charge in [-0.05, 0) is 74.5 Å². The van der Waals surface area contributed by atoms with E-state index in [-0.39, 0.29) is 16.9 Å². The minimum atomic E-state index is -0.604. The molecule has 7 atom stereocenters. The van der Waals surface area contributed by atoms with Crippen molar-refractivity contribution in [3.63, 3.8) is 0 Å². The highest BCUT2D eigenvalue weighted by Gasteiger charge is 2.63. The normalized spacial score (nSPS) is 46.6. The van der Waals surface area contributed by atoms with Gasteiger partial charge in [0.25, 0.3) is 0 Å². The lowest BCUT2D eigenvalue weighted by atomic mass is 9.47. The molecule has 3 saturated carbocycles. The maximum absolute atomic E-state index is 11.9. The van der Waals surface area contributed by atoms with Crippen molar-refractivity contribution in [2.45, 2.75) is 82.1 Å². The van der Waals surface area contributed by atoms with Crippen LogP contribution in [0.15, 0.2) is 29.2 Å². The predicted octanol–water partition coefficient (Wildman–Crippen LogP) is 4.57. The molecule has 5 rings (SSSR count). The van der Waals surface area contributed by atoms with Crippen molar-refractivity contribution in [1.82, 2.24) is 9.55 Å². The average Bonchev–Trinajstić information content (AvgIpc) is 3.22. The Balaban J connectivity index is 1.39. The summed E-state index contributed by atoms with van der Waals surface area (Å²) in [6, 6.07) is 0. The van der Waals surface area contributed by atoms with E-state index < -0.39 is 5.60 Å². The van der Waals surface area contributed by atoms with Crippen molar-refractivity contribution >= 4 is 11.8 Å². The first kappa shape index (κ1) is 20.1. The topological polar surface area (TPSA) is 58.3 Å². The summed E-state index contributed by atoms with van der Waals surface area (Å²) in [5.74, 6) is 2.75. The van der Waals surface area contributed by atoms with Crippen LogP contribution in [0.5, 0.6) is 0 Å². The van der Waals surface area contributed by atoms with Gasteiger partial charge < -0.3 is 14.8 Å². The number of nitrogens with zero attached hydrogens (tertiary/aromatic N) is 2. The quantitative estimate of drug-likeness (QED) is 0.560. The van der Waals surface area contributed by atoms with E-state index in [4.69, 9.17) is 0 Å². The number of hydrogen-bond acceptors (Lipinski definition) is 4. The van der Waals surface area contributed by atoms with Gasteiger partial charge in [0.2, 0.25) is 0 Å². The number of fused-ring (bicyclic) bond motifs is 5. The van der Waals surface area contributed by atoms with Crippen LogP contribution in [0, 0.1) is 28.6 Å². The van der Waals surface area contributed by atoms with Gasteiger partial charge in [0.05, 0.1) is 11.7 Å². The Hall–Kier alpha value is -0.780. The third-order valence-corrected chi connectivity index (χ3v) is 10.9. The number of aromatic nitrogens is 2.